The molecule has 0 saturated heterocycles. The SMILES string of the molecule is C=CCOC(=O)C(C#N)=Cc1cc(Cl)c(OCCC)c(OCC)c1. The summed E-state index contributed by atoms with van der Waals surface area (Å²) in [6.07, 6.45) is 3.65. The van der Waals surface area contributed by atoms with E-state index in [1.807, 2.05) is 19.9 Å². The Morgan fingerprint density at radius 2 is 2.12 bits per heavy atom. The van der Waals surface area contributed by atoms with E-state index in [9.17, 15) is 4.79 Å². The van der Waals surface area contributed by atoms with Gasteiger partial charge in [-0.3, -0.25) is 0 Å². The minimum atomic E-state index is -0.724. The Balaban J connectivity index is 3.19. The Morgan fingerprint density at radius 3 is 2.71 bits per heavy atom. The average molecular weight is 350 g/mol. The summed E-state index contributed by atoms with van der Waals surface area (Å²) in [4.78, 5) is 11.8. The molecular formula is C18H20ClNO4. The van der Waals surface area contributed by atoms with Crippen LogP contribution in [-0.2, 0) is 9.53 Å². The first-order chi connectivity index (χ1) is 11.6. The van der Waals surface area contributed by atoms with Crippen LogP contribution >= 0.6 is 11.6 Å². The van der Waals surface area contributed by atoms with E-state index in [4.69, 9.17) is 31.1 Å². The molecule has 0 atom stereocenters. The van der Waals surface area contributed by atoms with E-state index in [1.54, 1.807) is 12.1 Å². The van der Waals surface area contributed by atoms with Gasteiger partial charge in [-0.2, -0.15) is 5.26 Å². The smallest absolute Gasteiger partial charge is 0.349 e. The molecule has 0 saturated carbocycles. The second kappa shape index (κ2) is 10.3. The van der Waals surface area contributed by atoms with E-state index in [0.717, 1.165) is 6.42 Å². The minimum Gasteiger partial charge on any atom is -0.490 e. The van der Waals surface area contributed by atoms with E-state index >= 15 is 0 Å². The number of rotatable bonds is 9. The predicted molar refractivity (Wildman–Crippen MR) is 93.2 cm³/mol. The maximum absolute atomic E-state index is 11.8. The summed E-state index contributed by atoms with van der Waals surface area (Å²) in [7, 11) is 0. The molecule has 0 spiro atoms. The van der Waals surface area contributed by atoms with Crippen LogP contribution in [0, 0.1) is 11.3 Å². The number of nitrogens with zero attached hydrogens (tertiary/aromatic N) is 1. The van der Waals surface area contributed by atoms with Crippen molar-refractivity contribution in [1.82, 2.24) is 0 Å². The average Bonchev–Trinajstić information content (AvgIpc) is 2.57. The van der Waals surface area contributed by atoms with Crippen LogP contribution in [0.2, 0.25) is 5.02 Å². The Hall–Kier alpha value is -2.45. The highest BCUT2D eigenvalue weighted by Gasteiger charge is 2.14. The zero-order valence-electron chi connectivity index (χ0n) is 13.8. The van der Waals surface area contributed by atoms with E-state index in [1.165, 1.54) is 12.2 Å². The van der Waals surface area contributed by atoms with E-state index in [-0.39, 0.29) is 12.2 Å². The summed E-state index contributed by atoms with van der Waals surface area (Å²) in [6.45, 7) is 8.25. The molecule has 0 heterocycles. The standard InChI is InChI=1S/C18H20ClNO4/c1-4-7-23-17-15(19)10-13(11-16(17)22-6-3)9-14(12-20)18(21)24-8-5-2/h5,9-11H,2,4,6-8H2,1,3H3. The van der Waals surface area contributed by atoms with Gasteiger partial charge in [0.1, 0.15) is 18.2 Å². The molecule has 0 aliphatic carbocycles. The number of hydrogen-bond donors (Lipinski definition) is 0. The lowest BCUT2D eigenvalue weighted by Crippen LogP contribution is -2.06. The van der Waals surface area contributed by atoms with Crippen molar-refractivity contribution >= 4 is 23.6 Å². The molecule has 1 aromatic rings. The normalized spacial score (nSPS) is 10.7. The van der Waals surface area contributed by atoms with Gasteiger partial charge in [0.05, 0.1) is 18.2 Å². The molecule has 0 bridgehead atoms. The first-order valence-corrected chi connectivity index (χ1v) is 7.94. The van der Waals surface area contributed by atoms with Crippen molar-refractivity contribution in [3.8, 4) is 17.6 Å². The van der Waals surface area contributed by atoms with Gasteiger partial charge >= 0.3 is 5.97 Å². The monoisotopic (exact) mass is 349 g/mol. The first-order valence-electron chi connectivity index (χ1n) is 7.56. The van der Waals surface area contributed by atoms with Crippen molar-refractivity contribution in [1.29, 1.82) is 5.26 Å². The number of halogens is 1. The summed E-state index contributed by atoms with van der Waals surface area (Å²) >= 11 is 6.25. The van der Waals surface area contributed by atoms with Crippen molar-refractivity contribution in [3.63, 3.8) is 0 Å². The van der Waals surface area contributed by atoms with Crippen molar-refractivity contribution in [2.75, 3.05) is 19.8 Å². The maximum Gasteiger partial charge on any atom is 0.349 e. The molecule has 0 amide bonds. The zero-order chi connectivity index (χ0) is 17.9. The Morgan fingerprint density at radius 1 is 1.38 bits per heavy atom. The quantitative estimate of drug-likeness (QED) is 0.290. The third-order valence-electron chi connectivity index (χ3n) is 2.77. The van der Waals surface area contributed by atoms with E-state index in [0.29, 0.717) is 35.3 Å². The highest BCUT2D eigenvalue weighted by atomic mass is 35.5. The largest absolute Gasteiger partial charge is 0.490 e. The van der Waals surface area contributed by atoms with Crippen LogP contribution < -0.4 is 9.47 Å². The lowest BCUT2D eigenvalue weighted by Gasteiger charge is -2.14. The van der Waals surface area contributed by atoms with Gasteiger partial charge in [-0.1, -0.05) is 31.2 Å². The highest BCUT2D eigenvalue weighted by Crippen LogP contribution is 2.37. The van der Waals surface area contributed by atoms with E-state index < -0.39 is 5.97 Å². The van der Waals surface area contributed by atoms with Gasteiger partial charge in [-0.05, 0) is 37.1 Å². The van der Waals surface area contributed by atoms with Crippen LogP contribution in [-0.4, -0.2) is 25.8 Å². The molecule has 0 aliphatic rings. The van der Waals surface area contributed by atoms with Gasteiger partial charge in [0.25, 0.3) is 0 Å². The third kappa shape index (κ3) is 5.64. The molecule has 0 N–H and O–H groups in total. The van der Waals surface area contributed by atoms with Gasteiger partial charge in [-0.15, -0.1) is 0 Å². The van der Waals surface area contributed by atoms with Crippen molar-refractivity contribution in [2.45, 2.75) is 20.3 Å². The van der Waals surface area contributed by atoms with Gasteiger partial charge in [-0.25, -0.2) is 4.79 Å². The zero-order valence-corrected chi connectivity index (χ0v) is 14.6. The molecular weight excluding hydrogens is 330 g/mol. The predicted octanol–water partition coefficient (Wildman–Crippen LogP) is 4.16. The third-order valence-corrected chi connectivity index (χ3v) is 3.05. The number of carbonyl (C=O) groups excluding carboxylic acids is 1. The fourth-order valence-electron chi connectivity index (χ4n) is 1.79. The Labute approximate surface area is 147 Å². The topological polar surface area (TPSA) is 68.6 Å². The van der Waals surface area contributed by atoms with Crippen molar-refractivity contribution < 1.29 is 19.0 Å². The molecule has 0 aromatic heterocycles. The van der Waals surface area contributed by atoms with Gasteiger partial charge in [0, 0.05) is 0 Å². The lowest BCUT2D eigenvalue weighted by atomic mass is 10.1. The molecule has 0 radical (unpaired) electrons. The van der Waals surface area contributed by atoms with Gasteiger partial charge < -0.3 is 14.2 Å². The summed E-state index contributed by atoms with van der Waals surface area (Å²) in [5.74, 6) is 0.185. The fraction of sp³-hybridized carbons (Fsp3) is 0.333. The molecule has 0 aliphatic heterocycles. The highest BCUT2D eigenvalue weighted by molar-refractivity contribution is 6.32. The Kier molecular flexibility index (Phi) is 8.45. The molecule has 24 heavy (non-hydrogen) atoms. The fourth-order valence-corrected chi connectivity index (χ4v) is 2.07. The second-order valence-corrected chi connectivity index (χ2v) is 5.08. The van der Waals surface area contributed by atoms with Gasteiger partial charge in [0.2, 0.25) is 0 Å². The number of hydrogen-bond acceptors (Lipinski definition) is 5. The van der Waals surface area contributed by atoms with Crippen LogP contribution in [0.3, 0.4) is 0 Å². The lowest BCUT2D eigenvalue weighted by molar-refractivity contribution is -0.137. The van der Waals surface area contributed by atoms with Crippen LogP contribution in [0.15, 0.2) is 30.4 Å². The van der Waals surface area contributed by atoms with E-state index in [2.05, 4.69) is 6.58 Å². The number of ether oxygens (including phenoxy) is 3. The molecule has 6 heteroatoms. The summed E-state index contributed by atoms with van der Waals surface area (Å²) in [5.41, 5.74) is 0.400. The van der Waals surface area contributed by atoms with Crippen LogP contribution in [0.1, 0.15) is 25.8 Å². The van der Waals surface area contributed by atoms with Crippen LogP contribution in [0.4, 0.5) is 0 Å². The number of esters is 1. The summed E-state index contributed by atoms with van der Waals surface area (Å²) in [5, 5.41) is 9.48. The second-order valence-electron chi connectivity index (χ2n) is 4.67. The molecule has 1 aromatic carbocycles. The van der Waals surface area contributed by atoms with Crippen molar-refractivity contribution in [2.24, 2.45) is 0 Å². The summed E-state index contributed by atoms with van der Waals surface area (Å²) in [6, 6.07) is 5.09. The minimum absolute atomic E-state index is 0.0343. The van der Waals surface area contributed by atoms with Gasteiger partial charge in [0.15, 0.2) is 11.5 Å². The molecule has 0 fully saturated rings. The number of benzene rings is 1. The van der Waals surface area contributed by atoms with Crippen molar-refractivity contribution in [3.05, 3.63) is 40.9 Å². The molecule has 0 unspecified atom stereocenters. The number of carbonyl (C=O) groups is 1. The van der Waals surface area contributed by atoms with Crippen LogP contribution in [0.5, 0.6) is 11.5 Å². The Bertz CT molecular complexity index is 662. The summed E-state index contributed by atoms with van der Waals surface area (Å²) < 4.78 is 16.0. The molecule has 128 valence electrons. The maximum atomic E-state index is 11.8. The molecule has 5 nitrogen and oxygen atoms in total. The number of nitriles is 1. The first kappa shape index (κ1) is 19.6. The molecule has 1 rings (SSSR count). The van der Waals surface area contributed by atoms with Crippen LogP contribution in [0.25, 0.3) is 6.08 Å².